The van der Waals surface area contributed by atoms with Crippen LogP contribution in [0.15, 0.2) is 70.9 Å². The van der Waals surface area contributed by atoms with E-state index in [4.69, 9.17) is 0 Å². The SMILES string of the molecule is C=CCN=c1scc(-c2ccc(C)c(C)c2)n1/N=C\c1cccnc1. The van der Waals surface area contributed by atoms with E-state index in [0.29, 0.717) is 6.54 Å². The summed E-state index contributed by atoms with van der Waals surface area (Å²) in [6, 6.07) is 10.3. The van der Waals surface area contributed by atoms with E-state index in [1.165, 1.54) is 11.1 Å². The molecule has 0 N–H and O–H groups in total. The molecular weight excluding hydrogens is 328 g/mol. The molecule has 0 amide bonds. The third-order valence-corrected chi connectivity index (χ3v) is 4.70. The summed E-state index contributed by atoms with van der Waals surface area (Å²) in [5.74, 6) is 0. The number of pyridine rings is 1. The fourth-order valence-corrected chi connectivity index (χ4v) is 3.19. The van der Waals surface area contributed by atoms with Gasteiger partial charge in [-0.15, -0.1) is 17.9 Å². The zero-order chi connectivity index (χ0) is 17.6. The van der Waals surface area contributed by atoms with Gasteiger partial charge in [0.25, 0.3) is 0 Å². The Morgan fingerprint density at radius 3 is 2.84 bits per heavy atom. The molecule has 0 aliphatic rings. The van der Waals surface area contributed by atoms with Gasteiger partial charge in [-0.1, -0.05) is 24.3 Å². The lowest BCUT2D eigenvalue weighted by Crippen LogP contribution is -2.12. The zero-order valence-corrected chi connectivity index (χ0v) is 15.2. The van der Waals surface area contributed by atoms with E-state index in [9.17, 15) is 0 Å². The van der Waals surface area contributed by atoms with Crippen molar-refractivity contribution >= 4 is 17.6 Å². The summed E-state index contributed by atoms with van der Waals surface area (Å²) >= 11 is 1.58. The molecule has 0 atom stereocenters. The van der Waals surface area contributed by atoms with Gasteiger partial charge >= 0.3 is 0 Å². The Morgan fingerprint density at radius 2 is 2.12 bits per heavy atom. The average molecular weight is 348 g/mol. The quantitative estimate of drug-likeness (QED) is 0.503. The molecular formula is C20H20N4S. The van der Waals surface area contributed by atoms with Gasteiger partial charge in [-0.3, -0.25) is 9.98 Å². The maximum atomic E-state index is 4.65. The van der Waals surface area contributed by atoms with E-state index >= 15 is 0 Å². The predicted molar refractivity (Wildman–Crippen MR) is 105 cm³/mol. The molecule has 0 saturated heterocycles. The molecule has 0 aliphatic heterocycles. The number of hydrogen-bond donors (Lipinski definition) is 0. The molecule has 4 nitrogen and oxygen atoms in total. The Balaban J connectivity index is 2.09. The lowest BCUT2D eigenvalue weighted by Gasteiger charge is -2.06. The van der Waals surface area contributed by atoms with Gasteiger partial charge in [0.2, 0.25) is 4.80 Å². The fraction of sp³-hybridized carbons (Fsp3) is 0.150. The van der Waals surface area contributed by atoms with Crippen LogP contribution in [0.1, 0.15) is 16.7 Å². The molecule has 1 aromatic carbocycles. The molecule has 2 aromatic heterocycles. The van der Waals surface area contributed by atoms with E-state index in [1.807, 2.05) is 16.8 Å². The number of aryl methyl sites for hydroxylation is 2. The number of nitrogens with zero attached hydrogens (tertiary/aromatic N) is 4. The molecule has 3 aromatic rings. The van der Waals surface area contributed by atoms with Gasteiger partial charge in [0.1, 0.15) is 0 Å². The standard InChI is InChI=1S/C20H20N4S/c1-4-9-22-20-24(23-13-17-6-5-10-21-12-17)19(14-25-20)18-8-7-15(2)16(3)11-18/h4-8,10-14H,1,9H2,2-3H3/b22-20?,23-13-. The van der Waals surface area contributed by atoms with E-state index in [0.717, 1.165) is 21.6 Å². The van der Waals surface area contributed by atoms with Crippen molar-refractivity contribution in [1.82, 2.24) is 9.66 Å². The van der Waals surface area contributed by atoms with Crippen molar-refractivity contribution in [2.24, 2.45) is 10.1 Å². The minimum Gasteiger partial charge on any atom is -0.264 e. The number of rotatable bonds is 5. The molecule has 0 unspecified atom stereocenters. The van der Waals surface area contributed by atoms with Crippen molar-refractivity contribution in [2.75, 3.05) is 6.54 Å². The minimum atomic E-state index is 0.565. The molecule has 5 heteroatoms. The number of hydrogen-bond acceptors (Lipinski definition) is 4. The third kappa shape index (κ3) is 4.00. The fourth-order valence-electron chi connectivity index (χ4n) is 2.34. The van der Waals surface area contributed by atoms with Gasteiger partial charge in [0, 0.05) is 28.9 Å². The van der Waals surface area contributed by atoms with Crippen molar-refractivity contribution in [3.05, 3.63) is 82.3 Å². The van der Waals surface area contributed by atoms with Crippen LogP contribution >= 0.6 is 11.3 Å². The van der Waals surface area contributed by atoms with E-state index < -0.39 is 0 Å². The highest BCUT2D eigenvalue weighted by atomic mass is 32.1. The first-order valence-electron chi connectivity index (χ1n) is 8.03. The average Bonchev–Trinajstić information content (AvgIpc) is 3.04. The van der Waals surface area contributed by atoms with Crippen molar-refractivity contribution < 1.29 is 0 Å². The highest BCUT2D eigenvalue weighted by Crippen LogP contribution is 2.23. The maximum absolute atomic E-state index is 4.65. The summed E-state index contributed by atoms with van der Waals surface area (Å²) in [4.78, 5) is 9.52. The molecule has 0 bridgehead atoms. The first-order valence-corrected chi connectivity index (χ1v) is 8.91. The van der Waals surface area contributed by atoms with E-state index in [2.05, 4.69) is 59.1 Å². The normalized spacial score (nSPS) is 12.0. The van der Waals surface area contributed by atoms with Gasteiger partial charge < -0.3 is 0 Å². The molecule has 0 spiro atoms. The smallest absolute Gasteiger partial charge is 0.206 e. The van der Waals surface area contributed by atoms with Crippen LogP contribution in [-0.2, 0) is 0 Å². The molecule has 0 aliphatic carbocycles. The van der Waals surface area contributed by atoms with Crippen LogP contribution in [0.4, 0.5) is 0 Å². The van der Waals surface area contributed by atoms with Crippen LogP contribution in [-0.4, -0.2) is 22.4 Å². The molecule has 0 radical (unpaired) electrons. The molecule has 2 heterocycles. The summed E-state index contributed by atoms with van der Waals surface area (Å²) in [6.07, 6.45) is 7.12. The van der Waals surface area contributed by atoms with Gasteiger partial charge in [-0.05, 0) is 37.1 Å². The van der Waals surface area contributed by atoms with Crippen LogP contribution in [0.25, 0.3) is 11.3 Å². The first-order chi connectivity index (χ1) is 12.2. The molecule has 25 heavy (non-hydrogen) atoms. The largest absolute Gasteiger partial charge is 0.264 e. The van der Waals surface area contributed by atoms with Gasteiger partial charge in [0.15, 0.2) is 0 Å². The highest BCUT2D eigenvalue weighted by molar-refractivity contribution is 7.07. The second-order valence-electron chi connectivity index (χ2n) is 5.67. The van der Waals surface area contributed by atoms with Gasteiger partial charge in [-0.2, -0.15) is 5.10 Å². The zero-order valence-electron chi connectivity index (χ0n) is 14.4. The van der Waals surface area contributed by atoms with Crippen molar-refractivity contribution in [3.63, 3.8) is 0 Å². The van der Waals surface area contributed by atoms with Gasteiger partial charge in [0.05, 0.1) is 18.5 Å². The Hall–Kier alpha value is -2.79. The van der Waals surface area contributed by atoms with E-state index in [1.54, 1.807) is 36.0 Å². The number of aromatic nitrogens is 2. The Kier molecular flexibility index (Phi) is 5.36. The van der Waals surface area contributed by atoms with Crippen LogP contribution < -0.4 is 4.80 Å². The van der Waals surface area contributed by atoms with Crippen molar-refractivity contribution in [3.8, 4) is 11.3 Å². The summed E-state index contributed by atoms with van der Waals surface area (Å²) in [5.41, 5.74) is 5.64. The van der Waals surface area contributed by atoms with Crippen LogP contribution in [0, 0.1) is 13.8 Å². The van der Waals surface area contributed by atoms with Crippen LogP contribution in [0.3, 0.4) is 0 Å². The van der Waals surface area contributed by atoms with Crippen molar-refractivity contribution in [1.29, 1.82) is 0 Å². The number of thiazole rings is 1. The van der Waals surface area contributed by atoms with Crippen molar-refractivity contribution in [2.45, 2.75) is 13.8 Å². The van der Waals surface area contributed by atoms with Gasteiger partial charge in [-0.25, -0.2) is 4.68 Å². The second kappa shape index (κ2) is 7.85. The molecule has 0 saturated carbocycles. The van der Waals surface area contributed by atoms with E-state index in [-0.39, 0.29) is 0 Å². The maximum Gasteiger partial charge on any atom is 0.206 e. The number of benzene rings is 1. The molecule has 0 fully saturated rings. The van der Waals surface area contributed by atoms with Crippen LogP contribution in [0.2, 0.25) is 0 Å². The monoisotopic (exact) mass is 348 g/mol. The summed E-state index contributed by atoms with van der Waals surface area (Å²) in [7, 11) is 0. The van der Waals surface area contributed by atoms with Crippen LogP contribution in [0.5, 0.6) is 0 Å². The predicted octanol–water partition coefficient (Wildman–Crippen LogP) is 4.20. The Bertz CT molecular complexity index is 965. The first kappa shape index (κ1) is 17.0. The highest BCUT2D eigenvalue weighted by Gasteiger charge is 2.08. The molecule has 126 valence electrons. The minimum absolute atomic E-state index is 0.565. The third-order valence-electron chi connectivity index (χ3n) is 3.85. The summed E-state index contributed by atoms with van der Waals surface area (Å²) < 4.78 is 1.88. The second-order valence-corrected chi connectivity index (χ2v) is 6.51. The summed E-state index contributed by atoms with van der Waals surface area (Å²) in [5, 5.41) is 6.74. The topological polar surface area (TPSA) is 42.5 Å². The lowest BCUT2D eigenvalue weighted by molar-refractivity contribution is 0.840. The molecule has 3 rings (SSSR count). The Labute approximate surface area is 151 Å². The Morgan fingerprint density at radius 1 is 1.24 bits per heavy atom. The summed E-state index contributed by atoms with van der Waals surface area (Å²) in [6.45, 7) is 8.54. The lowest BCUT2D eigenvalue weighted by atomic mass is 10.1.